The van der Waals surface area contributed by atoms with Crippen LogP contribution in [0.3, 0.4) is 0 Å². The van der Waals surface area contributed by atoms with E-state index in [9.17, 15) is 13.2 Å². The Morgan fingerprint density at radius 2 is 1.83 bits per heavy atom. The van der Waals surface area contributed by atoms with Gasteiger partial charge in [-0.1, -0.05) is 13.3 Å². The topological polar surface area (TPSA) is 97.5 Å². The van der Waals surface area contributed by atoms with Crippen LogP contribution in [0.2, 0.25) is 0 Å². The highest BCUT2D eigenvalue weighted by molar-refractivity contribution is 7.85. The molecule has 0 aromatic carbocycles. The molecule has 0 atom stereocenters. The van der Waals surface area contributed by atoms with Gasteiger partial charge in [-0.05, 0) is 6.42 Å². The SMILES string of the molecule is CCCCC(N)=O.CS(=O)(=O)O. The van der Waals surface area contributed by atoms with Gasteiger partial charge in [0, 0.05) is 6.42 Å². The summed E-state index contributed by atoms with van der Waals surface area (Å²) in [7, 11) is -3.67. The van der Waals surface area contributed by atoms with Gasteiger partial charge in [-0.2, -0.15) is 8.42 Å². The van der Waals surface area contributed by atoms with Crippen LogP contribution in [0.25, 0.3) is 0 Å². The first-order chi connectivity index (χ1) is 5.27. The molecule has 0 aromatic heterocycles. The smallest absolute Gasteiger partial charge is 0.261 e. The summed E-state index contributed by atoms with van der Waals surface area (Å²) in [4.78, 5) is 9.98. The van der Waals surface area contributed by atoms with E-state index in [-0.39, 0.29) is 5.91 Å². The number of rotatable bonds is 3. The summed E-state index contributed by atoms with van der Waals surface area (Å²) in [6, 6.07) is 0. The lowest BCUT2D eigenvalue weighted by atomic mass is 10.2. The zero-order chi connectivity index (χ0) is 10.2. The number of carbonyl (C=O) groups excluding carboxylic acids is 1. The first-order valence-electron chi connectivity index (χ1n) is 3.48. The third-order valence-electron chi connectivity index (χ3n) is 0.777. The average molecular weight is 197 g/mol. The van der Waals surface area contributed by atoms with Gasteiger partial charge in [-0.25, -0.2) is 0 Å². The highest BCUT2D eigenvalue weighted by Crippen LogP contribution is 1.89. The molecule has 0 spiro atoms. The first kappa shape index (κ1) is 13.9. The molecule has 1 amide bonds. The Labute approximate surface area is 72.7 Å². The second kappa shape index (κ2) is 7.05. The molecule has 3 N–H and O–H groups in total. The number of carbonyl (C=O) groups is 1. The van der Waals surface area contributed by atoms with Crippen LogP contribution >= 0.6 is 0 Å². The molecule has 0 saturated carbocycles. The minimum Gasteiger partial charge on any atom is -0.370 e. The zero-order valence-electron chi connectivity index (χ0n) is 7.28. The number of amides is 1. The second-order valence-electron chi connectivity index (χ2n) is 2.30. The van der Waals surface area contributed by atoms with Gasteiger partial charge in [0.2, 0.25) is 5.91 Å². The van der Waals surface area contributed by atoms with E-state index >= 15 is 0 Å². The van der Waals surface area contributed by atoms with Crippen molar-refractivity contribution in [1.29, 1.82) is 0 Å². The number of nitrogens with two attached hydrogens (primary N) is 1. The van der Waals surface area contributed by atoms with Crippen molar-refractivity contribution < 1.29 is 17.8 Å². The van der Waals surface area contributed by atoms with E-state index in [0.29, 0.717) is 12.7 Å². The van der Waals surface area contributed by atoms with Crippen molar-refractivity contribution >= 4 is 16.0 Å². The summed E-state index contributed by atoms with van der Waals surface area (Å²) in [5.74, 6) is -0.193. The van der Waals surface area contributed by atoms with Crippen LogP contribution in [0, 0.1) is 0 Å². The Morgan fingerprint density at radius 1 is 1.50 bits per heavy atom. The average Bonchev–Trinajstić information content (AvgIpc) is 1.79. The largest absolute Gasteiger partial charge is 0.370 e. The lowest BCUT2D eigenvalue weighted by molar-refractivity contribution is -0.118. The standard InChI is InChI=1S/C5H11NO.CH4O3S/c1-2-3-4-5(6)7;1-5(2,3)4/h2-4H2,1H3,(H2,6,7);1H3,(H,2,3,4). The number of hydrogen-bond acceptors (Lipinski definition) is 3. The number of unbranched alkanes of at least 4 members (excludes halogenated alkanes) is 1. The molecule has 0 aromatic rings. The van der Waals surface area contributed by atoms with Crippen molar-refractivity contribution in [3.63, 3.8) is 0 Å². The van der Waals surface area contributed by atoms with Crippen molar-refractivity contribution in [2.75, 3.05) is 6.26 Å². The fourth-order valence-corrected chi connectivity index (χ4v) is 0.351. The minimum atomic E-state index is -3.67. The van der Waals surface area contributed by atoms with Crippen LogP contribution in [-0.4, -0.2) is 25.1 Å². The van der Waals surface area contributed by atoms with Gasteiger partial charge >= 0.3 is 0 Å². The number of hydrogen-bond donors (Lipinski definition) is 2. The van der Waals surface area contributed by atoms with Gasteiger partial charge in [0.25, 0.3) is 10.1 Å². The minimum absolute atomic E-state index is 0.193. The third-order valence-corrected chi connectivity index (χ3v) is 0.777. The quantitative estimate of drug-likeness (QED) is 0.630. The van der Waals surface area contributed by atoms with Crippen molar-refractivity contribution in [2.24, 2.45) is 5.73 Å². The van der Waals surface area contributed by atoms with E-state index in [0.717, 1.165) is 12.8 Å². The van der Waals surface area contributed by atoms with Crippen LogP contribution in [0.1, 0.15) is 26.2 Å². The molecule has 0 heterocycles. The van der Waals surface area contributed by atoms with Gasteiger partial charge in [-0.3, -0.25) is 9.35 Å². The molecule has 74 valence electrons. The predicted molar refractivity (Wildman–Crippen MR) is 46.2 cm³/mol. The summed E-state index contributed by atoms with van der Waals surface area (Å²) < 4.78 is 25.9. The summed E-state index contributed by atoms with van der Waals surface area (Å²) in [5.41, 5.74) is 4.84. The summed E-state index contributed by atoms with van der Waals surface area (Å²) in [6.07, 6.45) is 3.22. The van der Waals surface area contributed by atoms with E-state index in [1.165, 1.54) is 0 Å². The maximum atomic E-state index is 9.98. The lowest BCUT2D eigenvalue weighted by Crippen LogP contribution is -2.09. The molecule has 0 saturated heterocycles. The van der Waals surface area contributed by atoms with Crippen molar-refractivity contribution in [3.8, 4) is 0 Å². The van der Waals surface area contributed by atoms with Gasteiger partial charge in [0.1, 0.15) is 0 Å². The Bertz CT molecular complexity index is 202. The third kappa shape index (κ3) is 57.7. The van der Waals surface area contributed by atoms with Gasteiger partial charge in [0.15, 0.2) is 0 Å². The normalized spacial score (nSPS) is 9.92. The molecule has 0 aliphatic carbocycles. The maximum absolute atomic E-state index is 9.98. The van der Waals surface area contributed by atoms with Gasteiger partial charge in [-0.15, -0.1) is 0 Å². The molecule has 0 rings (SSSR count). The van der Waals surface area contributed by atoms with Crippen LogP contribution in [0.15, 0.2) is 0 Å². The van der Waals surface area contributed by atoms with E-state index in [4.69, 9.17) is 10.3 Å². The Kier molecular flexibility index (Phi) is 8.19. The predicted octanol–water partition coefficient (Wildman–Crippen LogP) is 0.166. The van der Waals surface area contributed by atoms with Crippen molar-refractivity contribution in [1.82, 2.24) is 0 Å². The summed E-state index contributed by atoms with van der Waals surface area (Å²) >= 11 is 0. The number of primary amides is 1. The molecule has 12 heavy (non-hydrogen) atoms. The second-order valence-corrected chi connectivity index (χ2v) is 3.77. The van der Waals surface area contributed by atoms with Crippen LogP contribution < -0.4 is 5.73 Å². The van der Waals surface area contributed by atoms with Gasteiger partial charge < -0.3 is 5.73 Å². The highest BCUT2D eigenvalue weighted by atomic mass is 32.2. The maximum Gasteiger partial charge on any atom is 0.261 e. The summed E-state index contributed by atoms with van der Waals surface area (Å²) in [5, 5.41) is 0. The van der Waals surface area contributed by atoms with Crippen LogP contribution in [0.4, 0.5) is 0 Å². The van der Waals surface area contributed by atoms with Crippen molar-refractivity contribution in [2.45, 2.75) is 26.2 Å². The Balaban J connectivity index is 0. The van der Waals surface area contributed by atoms with Gasteiger partial charge in [0.05, 0.1) is 6.26 Å². The zero-order valence-corrected chi connectivity index (χ0v) is 8.10. The molecule has 0 aliphatic rings. The van der Waals surface area contributed by atoms with Crippen molar-refractivity contribution in [3.05, 3.63) is 0 Å². The molecule has 0 radical (unpaired) electrons. The molecular formula is C6H15NO4S. The molecule has 0 aliphatic heterocycles. The monoisotopic (exact) mass is 197 g/mol. The lowest BCUT2D eigenvalue weighted by Gasteiger charge is -1.86. The van der Waals surface area contributed by atoms with Crippen LogP contribution in [0.5, 0.6) is 0 Å². The van der Waals surface area contributed by atoms with E-state index in [1.54, 1.807) is 0 Å². The Hall–Kier alpha value is -0.620. The fourth-order valence-electron chi connectivity index (χ4n) is 0.351. The molecule has 5 nitrogen and oxygen atoms in total. The molecule has 6 heteroatoms. The van der Waals surface area contributed by atoms with Crippen LogP contribution in [-0.2, 0) is 14.9 Å². The first-order valence-corrected chi connectivity index (χ1v) is 5.33. The van der Waals surface area contributed by atoms with E-state index in [1.807, 2.05) is 6.92 Å². The van der Waals surface area contributed by atoms with E-state index in [2.05, 4.69) is 0 Å². The molecule has 0 fully saturated rings. The summed E-state index contributed by atoms with van der Waals surface area (Å²) in [6.45, 7) is 2.03. The molecular weight excluding hydrogens is 182 g/mol. The fraction of sp³-hybridized carbons (Fsp3) is 0.833. The molecule has 0 unspecified atom stereocenters. The molecule has 0 bridgehead atoms. The van der Waals surface area contributed by atoms with E-state index < -0.39 is 10.1 Å². The highest BCUT2D eigenvalue weighted by Gasteiger charge is 1.88. The Morgan fingerprint density at radius 3 is 1.92 bits per heavy atom.